The molecule has 0 unspecified atom stereocenters. The summed E-state index contributed by atoms with van der Waals surface area (Å²) in [4.78, 5) is 0. The van der Waals surface area contributed by atoms with Gasteiger partial charge >= 0.3 is 0 Å². The molecule has 0 amide bonds. The minimum Gasteiger partial charge on any atom is -0.394 e. The van der Waals surface area contributed by atoms with Gasteiger partial charge in [-0.15, -0.1) is 0 Å². The van der Waals surface area contributed by atoms with Crippen molar-refractivity contribution in [3.63, 3.8) is 0 Å². The third-order valence-corrected chi connectivity index (χ3v) is 3.30. The van der Waals surface area contributed by atoms with E-state index in [1.165, 1.54) is 17.8 Å². The van der Waals surface area contributed by atoms with Gasteiger partial charge in [-0.3, -0.25) is 0 Å². The molecule has 2 nitrogen and oxygen atoms in total. The zero-order valence-electron chi connectivity index (χ0n) is 7.99. The summed E-state index contributed by atoms with van der Waals surface area (Å²) in [6.45, 7) is -0.280. The Labute approximate surface area is 97.1 Å². The normalized spacial score (nSPS) is 12.8. The summed E-state index contributed by atoms with van der Waals surface area (Å²) >= 11 is 7.15. The van der Waals surface area contributed by atoms with Gasteiger partial charge in [-0.1, -0.05) is 17.7 Å². The average Bonchev–Trinajstić information content (AvgIpc) is 2.22. The van der Waals surface area contributed by atoms with Gasteiger partial charge in [0.2, 0.25) is 0 Å². The second-order valence-corrected chi connectivity index (χ2v) is 4.49. The molecule has 0 saturated heterocycles. The van der Waals surface area contributed by atoms with Gasteiger partial charge in [0.25, 0.3) is 0 Å². The van der Waals surface area contributed by atoms with Gasteiger partial charge in [0.1, 0.15) is 5.82 Å². The average molecular weight is 251 g/mol. The number of benzene rings is 1. The van der Waals surface area contributed by atoms with E-state index in [4.69, 9.17) is 21.8 Å². The summed E-state index contributed by atoms with van der Waals surface area (Å²) < 4.78 is 13.2. The highest BCUT2D eigenvalue weighted by Gasteiger charge is 2.08. The molecule has 1 aromatic rings. The van der Waals surface area contributed by atoms with Gasteiger partial charge < -0.3 is 10.2 Å². The lowest BCUT2D eigenvalue weighted by Gasteiger charge is -2.08. The Balaban J connectivity index is 2.50. The minimum absolute atomic E-state index is 0.280. The topological polar surface area (TPSA) is 40.5 Å². The summed E-state index contributed by atoms with van der Waals surface area (Å²) in [6.07, 6.45) is -0.763. The monoisotopic (exact) mass is 250 g/mol. The van der Waals surface area contributed by atoms with Crippen LogP contribution in [0.15, 0.2) is 18.2 Å². The molecule has 1 atom stereocenters. The van der Waals surface area contributed by atoms with Crippen molar-refractivity contribution < 1.29 is 14.6 Å². The first-order valence-electron chi connectivity index (χ1n) is 4.44. The maximum Gasteiger partial charge on any atom is 0.128 e. The number of thioether (sulfide) groups is 1. The third kappa shape index (κ3) is 3.99. The highest BCUT2D eigenvalue weighted by molar-refractivity contribution is 7.98. The van der Waals surface area contributed by atoms with E-state index in [1.54, 1.807) is 12.1 Å². The van der Waals surface area contributed by atoms with Crippen molar-refractivity contribution in [3.8, 4) is 0 Å². The molecular weight excluding hydrogens is 239 g/mol. The molecule has 2 N–H and O–H groups in total. The number of rotatable bonds is 5. The van der Waals surface area contributed by atoms with E-state index in [1.807, 2.05) is 0 Å². The molecule has 0 aliphatic rings. The first kappa shape index (κ1) is 12.8. The Morgan fingerprint density at radius 1 is 1.47 bits per heavy atom. The van der Waals surface area contributed by atoms with Crippen LogP contribution in [0.5, 0.6) is 0 Å². The molecule has 0 aromatic heterocycles. The molecule has 5 heteroatoms. The Morgan fingerprint density at radius 3 is 2.80 bits per heavy atom. The van der Waals surface area contributed by atoms with E-state index in [0.29, 0.717) is 22.1 Å². The van der Waals surface area contributed by atoms with Crippen LogP contribution in [0.1, 0.15) is 5.56 Å². The van der Waals surface area contributed by atoms with Crippen molar-refractivity contribution in [2.24, 2.45) is 0 Å². The van der Waals surface area contributed by atoms with Crippen LogP contribution < -0.4 is 0 Å². The van der Waals surface area contributed by atoms with Crippen LogP contribution in [0.25, 0.3) is 0 Å². The van der Waals surface area contributed by atoms with Crippen LogP contribution >= 0.6 is 23.4 Å². The van der Waals surface area contributed by atoms with Crippen LogP contribution in [0.4, 0.5) is 4.39 Å². The number of hydrogen-bond acceptors (Lipinski definition) is 3. The van der Waals surface area contributed by atoms with E-state index < -0.39 is 6.10 Å². The van der Waals surface area contributed by atoms with Gasteiger partial charge in [-0.25, -0.2) is 4.39 Å². The van der Waals surface area contributed by atoms with Crippen molar-refractivity contribution in [1.82, 2.24) is 0 Å². The van der Waals surface area contributed by atoms with Crippen LogP contribution in [0.2, 0.25) is 5.02 Å². The molecule has 0 spiro atoms. The molecule has 0 aliphatic carbocycles. The van der Waals surface area contributed by atoms with Gasteiger partial charge in [-0.2, -0.15) is 11.8 Å². The largest absolute Gasteiger partial charge is 0.394 e. The van der Waals surface area contributed by atoms with Gasteiger partial charge in [0.15, 0.2) is 0 Å². The summed E-state index contributed by atoms with van der Waals surface area (Å²) in [6, 6.07) is 4.53. The van der Waals surface area contributed by atoms with Crippen LogP contribution in [-0.2, 0) is 5.75 Å². The molecule has 0 saturated carbocycles. The van der Waals surface area contributed by atoms with E-state index in [9.17, 15) is 4.39 Å². The summed E-state index contributed by atoms with van der Waals surface area (Å²) in [5, 5.41) is 18.0. The molecule has 0 fully saturated rings. The fourth-order valence-electron chi connectivity index (χ4n) is 1.02. The SMILES string of the molecule is OC[C@H](O)CSCc1c(F)cccc1Cl. The van der Waals surface area contributed by atoms with Crippen LogP contribution in [0, 0.1) is 5.82 Å². The highest BCUT2D eigenvalue weighted by atomic mass is 35.5. The summed E-state index contributed by atoms with van der Waals surface area (Å²) in [5.41, 5.74) is 0.439. The Hall–Kier alpha value is -0.290. The van der Waals surface area contributed by atoms with Crippen molar-refractivity contribution in [1.29, 1.82) is 0 Å². The molecule has 1 aromatic carbocycles. The Morgan fingerprint density at radius 2 is 2.20 bits per heavy atom. The third-order valence-electron chi connectivity index (χ3n) is 1.83. The first-order valence-corrected chi connectivity index (χ1v) is 5.98. The Bertz CT molecular complexity index is 302. The predicted octanol–water partition coefficient (Wildman–Crippen LogP) is 2.07. The van der Waals surface area contributed by atoms with E-state index in [2.05, 4.69) is 0 Å². The molecule has 84 valence electrons. The van der Waals surface area contributed by atoms with Gasteiger partial charge in [0, 0.05) is 22.1 Å². The van der Waals surface area contributed by atoms with Crippen molar-refractivity contribution >= 4 is 23.4 Å². The lowest BCUT2D eigenvalue weighted by Crippen LogP contribution is -2.14. The standard InChI is InChI=1S/C10H12ClFO2S/c11-9-2-1-3-10(12)8(9)6-15-5-7(14)4-13/h1-3,7,13-14H,4-6H2/t7-/m0/s1. The van der Waals surface area contributed by atoms with Crippen molar-refractivity contribution in [3.05, 3.63) is 34.6 Å². The number of aliphatic hydroxyl groups is 2. The van der Waals surface area contributed by atoms with E-state index >= 15 is 0 Å². The predicted molar refractivity (Wildman–Crippen MR) is 60.7 cm³/mol. The number of halogens is 2. The van der Waals surface area contributed by atoms with E-state index in [0.717, 1.165) is 0 Å². The second kappa shape index (κ2) is 6.33. The summed E-state index contributed by atoms with van der Waals surface area (Å²) in [5.74, 6) is 0.414. The minimum atomic E-state index is -0.763. The fraction of sp³-hybridized carbons (Fsp3) is 0.400. The quantitative estimate of drug-likeness (QED) is 0.841. The zero-order valence-corrected chi connectivity index (χ0v) is 9.56. The first-order chi connectivity index (χ1) is 7.15. The lowest BCUT2D eigenvalue weighted by molar-refractivity contribution is 0.113. The van der Waals surface area contributed by atoms with Crippen LogP contribution in [-0.4, -0.2) is 28.7 Å². The molecule has 0 heterocycles. The lowest BCUT2D eigenvalue weighted by atomic mass is 10.2. The smallest absolute Gasteiger partial charge is 0.128 e. The highest BCUT2D eigenvalue weighted by Crippen LogP contribution is 2.24. The molecular formula is C10H12ClFO2S. The van der Waals surface area contributed by atoms with Crippen molar-refractivity contribution in [2.75, 3.05) is 12.4 Å². The van der Waals surface area contributed by atoms with Gasteiger partial charge in [-0.05, 0) is 12.1 Å². The summed E-state index contributed by atoms with van der Waals surface area (Å²) in [7, 11) is 0. The van der Waals surface area contributed by atoms with E-state index in [-0.39, 0.29) is 12.4 Å². The molecule has 0 bridgehead atoms. The number of hydrogen-bond donors (Lipinski definition) is 2. The fourth-order valence-corrected chi connectivity index (χ4v) is 2.32. The molecule has 1 rings (SSSR count). The van der Waals surface area contributed by atoms with Crippen LogP contribution in [0.3, 0.4) is 0 Å². The van der Waals surface area contributed by atoms with Crippen molar-refractivity contribution in [2.45, 2.75) is 11.9 Å². The Kier molecular flexibility index (Phi) is 5.39. The second-order valence-electron chi connectivity index (χ2n) is 3.05. The molecule has 15 heavy (non-hydrogen) atoms. The maximum atomic E-state index is 13.2. The van der Waals surface area contributed by atoms with Gasteiger partial charge in [0.05, 0.1) is 12.7 Å². The maximum absolute atomic E-state index is 13.2. The molecule has 0 aliphatic heterocycles. The molecule has 0 radical (unpaired) electrons. The number of aliphatic hydroxyl groups excluding tert-OH is 2. The zero-order chi connectivity index (χ0) is 11.3.